The molecule has 3 nitrogen and oxygen atoms in total. The second-order valence-electron chi connectivity index (χ2n) is 3.47. The van der Waals surface area contributed by atoms with E-state index in [4.69, 9.17) is 4.74 Å². The maximum atomic E-state index is 11.0. The average Bonchev–Trinajstić information content (AvgIpc) is 2.17. The van der Waals surface area contributed by atoms with Crippen molar-refractivity contribution in [3.63, 3.8) is 0 Å². The van der Waals surface area contributed by atoms with Gasteiger partial charge in [-0.25, -0.2) is 0 Å². The molecule has 0 aromatic rings. The third-order valence-corrected chi connectivity index (χ3v) is 2.34. The lowest BCUT2D eigenvalue weighted by molar-refractivity contribution is -0.143. The Labute approximate surface area is 84.1 Å². The van der Waals surface area contributed by atoms with E-state index in [0.29, 0.717) is 25.4 Å². The maximum Gasteiger partial charge on any atom is 0.305 e. The molecule has 0 unspecified atom stereocenters. The van der Waals surface area contributed by atoms with Gasteiger partial charge in [0.25, 0.3) is 0 Å². The quantitative estimate of drug-likeness (QED) is 0.644. The monoisotopic (exact) mass is 196 g/mol. The molecule has 0 heterocycles. The summed E-state index contributed by atoms with van der Waals surface area (Å²) in [6.45, 7) is 2.24. The summed E-state index contributed by atoms with van der Waals surface area (Å²) < 4.78 is 4.82. The van der Waals surface area contributed by atoms with Gasteiger partial charge < -0.3 is 4.74 Å². The molecule has 14 heavy (non-hydrogen) atoms. The van der Waals surface area contributed by atoms with E-state index in [-0.39, 0.29) is 11.8 Å². The van der Waals surface area contributed by atoms with Crippen LogP contribution in [0.5, 0.6) is 0 Å². The molecule has 0 spiro atoms. The van der Waals surface area contributed by atoms with Gasteiger partial charge in [0.2, 0.25) is 0 Å². The smallest absolute Gasteiger partial charge is 0.305 e. The number of ether oxygens (including phenoxy) is 1. The molecule has 0 saturated heterocycles. The van der Waals surface area contributed by atoms with Gasteiger partial charge in [0.1, 0.15) is 0 Å². The molecule has 0 fully saturated rings. The first-order valence-corrected chi connectivity index (χ1v) is 5.09. The van der Waals surface area contributed by atoms with Crippen molar-refractivity contribution in [1.29, 1.82) is 0 Å². The van der Waals surface area contributed by atoms with Crippen molar-refractivity contribution in [3.8, 4) is 0 Å². The first-order chi connectivity index (χ1) is 6.72. The number of rotatable bonds is 4. The highest BCUT2D eigenvalue weighted by atomic mass is 16.5. The Bertz CT molecular complexity index is 243. The second-order valence-corrected chi connectivity index (χ2v) is 3.47. The second kappa shape index (κ2) is 5.58. The van der Waals surface area contributed by atoms with Crippen LogP contribution in [-0.2, 0) is 14.3 Å². The number of ketones is 1. The molecule has 0 radical (unpaired) electrons. The van der Waals surface area contributed by atoms with E-state index in [0.717, 1.165) is 12.8 Å². The minimum absolute atomic E-state index is 0.141. The molecule has 0 bridgehead atoms. The molecule has 1 atom stereocenters. The lowest BCUT2D eigenvalue weighted by atomic mass is 9.91. The van der Waals surface area contributed by atoms with Gasteiger partial charge >= 0.3 is 5.97 Å². The maximum absolute atomic E-state index is 11.0. The first-order valence-electron chi connectivity index (χ1n) is 5.09. The predicted octanol–water partition coefficient (Wildman–Crippen LogP) is 1.86. The zero-order chi connectivity index (χ0) is 10.4. The van der Waals surface area contributed by atoms with Crippen LogP contribution in [-0.4, -0.2) is 18.4 Å². The third kappa shape index (κ3) is 3.73. The van der Waals surface area contributed by atoms with Crippen LogP contribution in [0.25, 0.3) is 0 Å². The van der Waals surface area contributed by atoms with Crippen molar-refractivity contribution < 1.29 is 14.3 Å². The van der Waals surface area contributed by atoms with Crippen LogP contribution in [0.1, 0.15) is 32.6 Å². The zero-order valence-electron chi connectivity index (χ0n) is 8.49. The minimum atomic E-state index is -0.141. The van der Waals surface area contributed by atoms with Gasteiger partial charge in [0.15, 0.2) is 5.78 Å². The molecular formula is C11H16O3. The molecule has 78 valence electrons. The molecule has 0 amide bonds. The van der Waals surface area contributed by atoms with E-state index in [1.165, 1.54) is 0 Å². The number of hydrogen-bond acceptors (Lipinski definition) is 3. The molecular weight excluding hydrogens is 180 g/mol. The minimum Gasteiger partial charge on any atom is -0.466 e. The Balaban J connectivity index is 2.22. The molecule has 0 aromatic heterocycles. The topological polar surface area (TPSA) is 43.4 Å². The summed E-state index contributed by atoms with van der Waals surface area (Å²) in [4.78, 5) is 21.9. The average molecular weight is 196 g/mol. The van der Waals surface area contributed by atoms with Crippen LogP contribution < -0.4 is 0 Å². The van der Waals surface area contributed by atoms with E-state index in [2.05, 4.69) is 0 Å². The normalized spacial score (nSPS) is 20.9. The van der Waals surface area contributed by atoms with Gasteiger partial charge in [-0.1, -0.05) is 6.08 Å². The van der Waals surface area contributed by atoms with Crippen LogP contribution in [0.4, 0.5) is 0 Å². The van der Waals surface area contributed by atoms with Gasteiger partial charge in [-0.15, -0.1) is 0 Å². The summed E-state index contributed by atoms with van der Waals surface area (Å²) in [6.07, 6.45) is 6.27. The largest absolute Gasteiger partial charge is 0.466 e. The molecule has 1 rings (SSSR count). The van der Waals surface area contributed by atoms with E-state index in [1.807, 2.05) is 6.08 Å². The van der Waals surface area contributed by atoms with Gasteiger partial charge in [0, 0.05) is 12.8 Å². The number of carbonyl (C=O) groups is 2. The predicted molar refractivity (Wildman–Crippen MR) is 52.7 cm³/mol. The Kier molecular flexibility index (Phi) is 4.36. The highest BCUT2D eigenvalue weighted by Crippen LogP contribution is 2.19. The summed E-state index contributed by atoms with van der Waals surface area (Å²) in [5, 5.41) is 0. The Morgan fingerprint density at radius 1 is 1.64 bits per heavy atom. The summed E-state index contributed by atoms with van der Waals surface area (Å²) in [6, 6.07) is 0. The number of esters is 1. The highest BCUT2D eigenvalue weighted by molar-refractivity contribution is 5.90. The molecule has 3 heteroatoms. The number of hydrogen-bond donors (Lipinski definition) is 0. The molecule has 0 aromatic carbocycles. The summed E-state index contributed by atoms with van der Waals surface area (Å²) in [5.74, 6) is 0.423. The summed E-state index contributed by atoms with van der Waals surface area (Å²) >= 11 is 0. The molecule has 1 aliphatic carbocycles. The fraction of sp³-hybridized carbons (Fsp3) is 0.636. The van der Waals surface area contributed by atoms with Crippen molar-refractivity contribution in [1.82, 2.24) is 0 Å². The van der Waals surface area contributed by atoms with Crippen molar-refractivity contribution in [3.05, 3.63) is 12.2 Å². The van der Waals surface area contributed by atoms with Crippen LogP contribution in [0.2, 0.25) is 0 Å². The van der Waals surface area contributed by atoms with Crippen molar-refractivity contribution in [2.24, 2.45) is 5.92 Å². The van der Waals surface area contributed by atoms with Gasteiger partial charge in [-0.05, 0) is 31.8 Å². The van der Waals surface area contributed by atoms with Gasteiger partial charge in [-0.2, -0.15) is 0 Å². The number of carbonyl (C=O) groups excluding carboxylic acids is 2. The fourth-order valence-electron chi connectivity index (χ4n) is 1.53. The molecule has 1 aliphatic rings. The van der Waals surface area contributed by atoms with Crippen LogP contribution in [0.3, 0.4) is 0 Å². The lowest BCUT2D eigenvalue weighted by Crippen LogP contribution is -2.11. The molecule has 0 saturated carbocycles. The van der Waals surface area contributed by atoms with E-state index in [9.17, 15) is 9.59 Å². The van der Waals surface area contributed by atoms with E-state index in [1.54, 1.807) is 13.0 Å². The van der Waals surface area contributed by atoms with Crippen molar-refractivity contribution in [2.75, 3.05) is 6.61 Å². The molecule has 0 N–H and O–H groups in total. The van der Waals surface area contributed by atoms with Crippen molar-refractivity contribution >= 4 is 11.8 Å². The molecule has 0 aliphatic heterocycles. The summed E-state index contributed by atoms with van der Waals surface area (Å²) in [5.41, 5.74) is 0. The zero-order valence-corrected chi connectivity index (χ0v) is 8.49. The Morgan fingerprint density at radius 3 is 3.00 bits per heavy atom. The standard InChI is InChI=1S/C11H16O3/c1-2-14-11(13)8-5-9-3-6-10(12)7-4-9/h3,6,9H,2,4-5,7-8H2,1H3/t9-/m0/s1. The fourth-order valence-corrected chi connectivity index (χ4v) is 1.53. The van der Waals surface area contributed by atoms with Gasteiger partial charge in [0.05, 0.1) is 6.61 Å². The first kappa shape index (κ1) is 11.0. The van der Waals surface area contributed by atoms with Crippen LogP contribution >= 0.6 is 0 Å². The van der Waals surface area contributed by atoms with E-state index >= 15 is 0 Å². The highest BCUT2D eigenvalue weighted by Gasteiger charge is 2.14. The SMILES string of the molecule is CCOC(=O)CC[C@H]1C=CC(=O)CC1. The summed E-state index contributed by atoms with van der Waals surface area (Å²) in [7, 11) is 0. The van der Waals surface area contributed by atoms with Crippen LogP contribution in [0.15, 0.2) is 12.2 Å². The number of allylic oxidation sites excluding steroid dienone is 2. The van der Waals surface area contributed by atoms with Crippen LogP contribution in [0, 0.1) is 5.92 Å². The Morgan fingerprint density at radius 2 is 2.43 bits per heavy atom. The van der Waals surface area contributed by atoms with E-state index < -0.39 is 0 Å². The Hall–Kier alpha value is -1.12. The van der Waals surface area contributed by atoms with Crippen molar-refractivity contribution in [2.45, 2.75) is 32.6 Å². The van der Waals surface area contributed by atoms with Gasteiger partial charge in [-0.3, -0.25) is 9.59 Å². The lowest BCUT2D eigenvalue weighted by Gasteiger charge is -2.14. The third-order valence-electron chi connectivity index (χ3n) is 2.34.